The topological polar surface area (TPSA) is 72.2 Å². The summed E-state index contributed by atoms with van der Waals surface area (Å²) in [6, 6.07) is 4.03. The van der Waals surface area contributed by atoms with Gasteiger partial charge >= 0.3 is 0 Å². The molecule has 0 aliphatic rings. The Labute approximate surface area is 131 Å². The molecule has 0 heterocycles. The highest BCUT2D eigenvalue weighted by Gasteiger charge is 2.30. The number of hydrogen-bond donors (Lipinski definition) is 1. The number of nitrogens with one attached hydrogen (secondary N) is 1. The molecule has 0 aromatic heterocycles. The van der Waals surface area contributed by atoms with Crippen molar-refractivity contribution in [2.24, 2.45) is 0 Å². The van der Waals surface area contributed by atoms with E-state index in [0.717, 1.165) is 12.8 Å². The summed E-state index contributed by atoms with van der Waals surface area (Å²) in [5.74, 6) is -0.462. The van der Waals surface area contributed by atoms with Gasteiger partial charge in [0.2, 0.25) is 0 Å². The van der Waals surface area contributed by atoms with E-state index in [9.17, 15) is 14.9 Å². The van der Waals surface area contributed by atoms with Crippen molar-refractivity contribution in [1.82, 2.24) is 5.32 Å². The summed E-state index contributed by atoms with van der Waals surface area (Å²) in [7, 11) is 0. The highest BCUT2D eigenvalue weighted by Crippen LogP contribution is 2.25. The van der Waals surface area contributed by atoms with Gasteiger partial charge in [-0.25, -0.2) is 0 Å². The van der Waals surface area contributed by atoms with Crippen LogP contribution in [-0.4, -0.2) is 21.7 Å². The highest BCUT2D eigenvalue weighted by molar-refractivity contribution is 9.09. The Morgan fingerprint density at radius 3 is 2.50 bits per heavy atom. The average molecular weight is 364 g/mol. The second-order valence-corrected chi connectivity index (χ2v) is 5.49. The molecule has 0 bridgehead atoms. The van der Waals surface area contributed by atoms with Crippen LogP contribution in [0.1, 0.15) is 37.0 Å². The Morgan fingerprint density at radius 2 is 2.05 bits per heavy atom. The Hall–Kier alpha value is -1.14. The van der Waals surface area contributed by atoms with Crippen molar-refractivity contribution in [3.63, 3.8) is 0 Å². The molecule has 0 radical (unpaired) electrons. The largest absolute Gasteiger partial charge is 0.346 e. The second-order valence-electron chi connectivity index (χ2n) is 4.49. The van der Waals surface area contributed by atoms with E-state index >= 15 is 0 Å². The number of carbonyl (C=O) groups excluding carboxylic acids is 1. The maximum atomic E-state index is 12.3. The third-order valence-corrected chi connectivity index (χ3v) is 4.70. The van der Waals surface area contributed by atoms with Crippen molar-refractivity contribution in [3.05, 3.63) is 38.9 Å². The van der Waals surface area contributed by atoms with E-state index in [-0.39, 0.29) is 16.3 Å². The molecule has 0 saturated heterocycles. The van der Waals surface area contributed by atoms with Crippen molar-refractivity contribution in [2.45, 2.75) is 32.2 Å². The number of benzene rings is 1. The Kier molecular flexibility index (Phi) is 5.95. The summed E-state index contributed by atoms with van der Waals surface area (Å²) in [5.41, 5.74) is -0.679. The summed E-state index contributed by atoms with van der Waals surface area (Å²) in [5, 5.41) is 14.7. The lowest BCUT2D eigenvalue weighted by Crippen LogP contribution is -2.49. The van der Waals surface area contributed by atoms with Gasteiger partial charge in [-0.1, -0.05) is 41.4 Å². The molecule has 0 fully saturated rings. The molecule has 0 spiro atoms. The molecule has 0 atom stereocenters. The standard InChI is InChI=1S/C13H16BrClN2O3/c1-3-13(4-2,8-14)16-12(18)10-6-5-9(15)7-11(10)17(19)20/h5-7H,3-4,8H2,1-2H3,(H,16,18). The van der Waals surface area contributed by atoms with Crippen molar-refractivity contribution < 1.29 is 9.72 Å². The minimum atomic E-state index is -0.603. The van der Waals surface area contributed by atoms with Gasteiger partial charge in [0.1, 0.15) is 5.56 Å². The third-order valence-electron chi connectivity index (χ3n) is 3.39. The number of nitro benzene ring substituents is 1. The smallest absolute Gasteiger partial charge is 0.283 e. The molecule has 5 nitrogen and oxygen atoms in total. The lowest BCUT2D eigenvalue weighted by atomic mass is 9.95. The molecule has 1 aromatic carbocycles. The van der Waals surface area contributed by atoms with Crippen molar-refractivity contribution in [1.29, 1.82) is 0 Å². The summed E-state index contributed by atoms with van der Waals surface area (Å²) < 4.78 is 0. The molecule has 1 amide bonds. The molecule has 1 aromatic rings. The maximum absolute atomic E-state index is 12.3. The van der Waals surface area contributed by atoms with E-state index in [0.29, 0.717) is 5.33 Å². The van der Waals surface area contributed by atoms with Crippen LogP contribution in [0.4, 0.5) is 5.69 Å². The van der Waals surface area contributed by atoms with Gasteiger partial charge in [-0.05, 0) is 25.0 Å². The molecule has 0 aliphatic carbocycles. The van der Waals surface area contributed by atoms with Gasteiger partial charge in [-0.2, -0.15) is 0 Å². The molecule has 0 unspecified atom stereocenters. The lowest BCUT2D eigenvalue weighted by Gasteiger charge is -2.30. The molecule has 0 aliphatic heterocycles. The van der Waals surface area contributed by atoms with Crippen LogP contribution in [0.3, 0.4) is 0 Å². The van der Waals surface area contributed by atoms with Gasteiger partial charge < -0.3 is 5.32 Å². The van der Waals surface area contributed by atoms with Gasteiger partial charge in [0, 0.05) is 22.0 Å². The van der Waals surface area contributed by atoms with Gasteiger partial charge in [-0.3, -0.25) is 14.9 Å². The van der Waals surface area contributed by atoms with Gasteiger partial charge in [0.25, 0.3) is 11.6 Å². The first kappa shape index (κ1) is 16.9. The quantitative estimate of drug-likeness (QED) is 0.473. The first-order valence-corrected chi connectivity index (χ1v) is 7.71. The molecule has 20 heavy (non-hydrogen) atoms. The lowest BCUT2D eigenvalue weighted by molar-refractivity contribution is -0.385. The van der Waals surface area contributed by atoms with Crippen LogP contribution >= 0.6 is 27.5 Å². The Balaban J connectivity index is 3.12. The number of nitrogens with zero attached hydrogens (tertiary/aromatic N) is 1. The molecule has 0 saturated carbocycles. The van der Waals surface area contributed by atoms with Gasteiger partial charge in [-0.15, -0.1) is 0 Å². The summed E-state index contributed by atoms with van der Waals surface area (Å²) in [6.07, 6.45) is 1.45. The number of halogens is 2. The number of hydrogen-bond acceptors (Lipinski definition) is 3. The highest BCUT2D eigenvalue weighted by atomic mass is 79.9. The number of rotatable bonds is 6. The molecule has 1 N–H and O–H groups in total. The fourth-order valence-corrected chi connectivity index (χ4v) is 2.90. The van der Waals surface area contributed by atoms with Crippen LogP contribution in [0.5, 0.6) is 0 Å². The number of alkyl halides is 1. The van der Waals surface area contributed by atoms with E-state index in [1.54, 1.807) is 0 Å². The SMILES string of the molecule is CCC(CC)(CBr)NC(=O)c1ccc(Cl)cc1[N+](=O)[O-]. The van der Waals surface area contributed by atoms with E-state index in [4.69, 9.17) is 11.6 Å². The minimum absolute atomic E-state index is 0.0200. The van der Waals surface area contributed by atoms with Crippen molar-refractivity contribution in [3.8, 4) is 0 Å². The fraction of sp³-hybridized carbons (Fsp3) is 0.462. The van der Waals surface area contributed by atoms with Crippen LogP contribution in [0.15, 0.2) is 18.2 Å². The number of carbonyl (C=O) groups is 1. The Morgan fingerprint density at radius 1 is 1.45 bits per heavy atom. The van der Waals surface area contributed by atoms with E-state index < -0.39 is 16.4 Å². The normalized spacial score (nSPS) is 11.2. The first-order valence-electron chi connectivity index (χ1n) is 6.21. The van der Waals surface area contributed by atoms with Crippen LogP contribution in [0.25, 0.3) is 0 Å². The van der Waals surface area contributed by atoms with Gasteiger partial charge in [0.15, 0.2) is 0 Å². The molecule has 110 valence electrons. The predicted octanol–water partition coefficient (Wildman–Crippen LogP) is 3.93. The summed E-state index contributed by atoms with van der Waals surface area (Å²) >= 11 is 9.12. The molecule has 1 rings (SSSR count). The molecule has 7 heteroatoms. The fourth-order valence-electron chi connectivity index (χ4n) is 1.81. The maximum Gasteiger partial charge on any atom is 0.283 e. The van der Waals surface area contributed by atoms with Crippen LogP contribution in [0, 0.1) is 10.1 Å². The zero-order valence-corrected chi connectivity index (χ0v) is 13.6. The average Bonchev–Trinajstić information content (AvgIpc) is 2.44. The first-order chi connectivity index (χ1) is 9.39. The van der Waals surface area contributed by atoms with E-state index in [1.165, 1.54) is 18.2 Å². The van der Waals surface area contributed by atoms with Crippen LogP contribution < -0.4 is 5.32 Å². The molecular weight excluding hydrogens is 348 g/mol. The van der Waals surface area contributed by atoms with E-state index in [1.807, 2.05) is 13.8 Å². The zero-order valence-electron chi connectivity index (χ0n) is 11.3. The molecular formula is C13H16BrClN2O3. The summed E-state index contributed by atoms with van der Waals surface area (Å²) in [6.45, 7) is 3.92. The predicted molar refractivity (Wildman–Crippen MR) is 82.7 cm³/mol. The summed E-state index contributed by atoms with van der Waals surface area (Å²) in [4.78, 5) is 22.7. The van der Waals surface area contributed by atoms with Crippen molar-refractivity contribution >= 4 is 39.1 Å². The minimum Gasteiger partial charge on any atom is -0.346 e. The van der Waals surface area contributed by atoms with Crippen LogP contribution in [-0.2, 0) is 0 Å². The van der Waals surface area contributed by atoms with E-state index in [2.05, 4.69) is 21.2 Å². The second kappa shape index (κ2) is 7.04. The Bertz CT molecular complexity index is 510. The van der Waals surface area contributed by atoms with Crippen molar-refractivity contribution in [2.75, 3.05) is 5.33 Å². The number of amides is 1. The monoisotopic (exact) mass is 362 g/mol. The zero-order chi connectivity index (χ0) is 15.3. The third kappa shape index (κ3) is 3.70. The van der Waals surface area contributed by atoms with Gasteiger partial charge in [0.05, 0.1) is 4.92 Å². The van der Waals surface area contributed by atoms with Crippen LogP contribution in [0.2, 0.25) is 5.02 Å². The number of nitro groups is 1.